The van der Waals surface area contributed by atoms with Crippen LogP contribution in [0.15, 0.2) is 24.3 Å². The van der Waals surface area contributed by atoms with Gasteiger partial charge in [-0.3, -0.25) is 4.79 Å². The second-order valence-corrected chi connectivity index (χ2v) is 2.91. The quantitative estimate of drug-likeness (QED) is 0.742. The van der Waals surface area contributed by atoms with Crippen molar-refractivity contribution in [3.63, 3.8) is 0 Å². The summed E-state index contributed by atoms with van der Waals surface area (Å²) in [6.07, 6.45) is 0. The largest absolute Gasteiger partial charge is 0.358 e. The molecule has 0 bridgehead atoms. The maximum absolute atomic E-state index is 12.7. The summed E-state index contributed by atoms with van der Waals surface area (Å²) in [5, 5.41) is 5.39. The fourth-order valence-electron chi connectivity index (χ4n) is 1.06. The van der Waals surface area contributed by atoms with Crippen LogP contribution in [-0.2, 0) is 11.3 Å². The lowest BCUT2D eigenvalue weighted by Crippen LogP contribution is -2.30. The molecule has 76 valence electrons. The van der Waals surface area contributed by atoms with Gasteiger partial charge in [-0.05, 0) is 17.7 Å². The highest BCUT2D eigenvalue weighted by Gasteiger charge is 1.97. The lowest BCUT2D eigenvalue weighted by atomic mass is 10.2. The van der Waals surface area contributed by atoms with Gasteiger partial charge in [0.05, 0.1) is 6.54 Å². The van der Waals surface area contributed by atoms with Crippen molar-refractivity contribution in [3.8, 4) is 0 Å². The molecule has 1 amide bonds. The van der Waals surface area contributed by atoms with E-state index in [1.54, 1.807) is 19.2 Å². The first kappa shape index (κ1) is 10.7. The number of hydrogen-bond acceptors (Lipinski definition) is 2. The van der Waals surface area contributed by atoms with Gasteiger partial charge in [0.25, 0.3) is 0 Å². The van der Waals surface area contributed by atoms with Crippen LogP contribution >= 0.6 is 0 Å². The Morgan fingerprint density at radius 1 is 1.50 bits per heavy atom. The van der Waals surface area contributed by atoms with Crippen molar-refractivity contribution < 1.29 is 9.18 Å². The zero-order chi connectivity index (χ0) is 10.4. The zero-order valence-electron chi connectivity index (χ0n) is 8.01. The molecule has 2 N–H and O–H groups in total. The lowest BCUT2D eigenvalue weighted by Gasteiger charge is -2.03. The Hall–Kier alpha value is -1.42. The van der Waals surface area contributed by atoms with Crippen LogP contribution in [0.2, 0.25) is 0 Å². The predicted octanol–water partition coefficient (Wildman–Crippen LogP) is 0.661. The molecule has 1 rings (SSSR count). The average molecular weight is 196 g/mol. The summed E-state index contributed by atoms with van der Waals surface area (Å²) in [5.41, 5.74) is 0.828. The minimum Gasteiger partial charge on any atom is -0.358 e. The first-order valence-electron chi connectivity index (χ1n) is 4.38. The molecular weight excluding hydrogens is 183 g/mol. The first-order chi connectivity index (χ1) is 6.72. The molecule has 1 aromatic carbocycles. The van der Waals surface area contributed by atoms with E-state index in [-0.39, 0.29) is 18.3 Å². The van der Waals surface area contributed by atoms with Crippen molar-refractivity contribution in [1.82, 2.24) is 10.6 Å². The summed E-state index contributed by atoms with van der Waals surface area (Å²) in [6.45, 7) is 0.734. The van der Waals surface area contributed by atoms with Gasteiger partial charge in [-0.2, -0.15) is 0 Å². The van der Waals surface area contributed by atoms with E-state index in [0.29, 0.717) is 6.54 Å². The molecule has 0 radical (unpaired) electrons. The van der Waals surface area contributed by atoms with Crippen LogP contribution in [0.25, 0.3) is 0 Å². The van der Waals surface area contributed by atoms with Crippen LogP contribution in [0.5, 0.6) is 0 Å². The van der Waals surface area contributed by atoms with E-state index < -0.39 is 0 Å². The van der Waals surface area contributed by atoms with Gasteiger partial charge in [0.15, 0.2) is 0 Å². The highest BCUT2D eigenvalue weighted by atomic mass is 19.1. The number of halogens is 1. The molecule has 0 spiro atoms. The van der Waals surface area contributed by atoms with E-state index in [1.807, 2.05) is 0 Å². The van der Waals surface area contributed by atoms with Gasteiger partial charge in [-0.15, -0.1) is 0 Å². The number of benzene rings is 1. The average Bonchev–Trinajstić information content (AvgIpc) is 2.17. The van der Waals surface area contributed by atoms with Crippen molar-refractivity contribution in [1.29, 1.82) is 0 Å². The van der Waals surface area contributed by atoms with Crippen LogP contribution < -0.4 is 10.6 Å². The summed E-state index contributed by atoms with van der Waals surface area (Å²) < 4.78 is 12.7. The molecule has 0 atom stereocenters. The SMILES string of the molecule is CNC(=O)CNCc1cccc(F)c1. The van der Waals surface area contributed by atoms with Crippen LogP contribution in [0.1, 0.15) is 5.56 Å². The molecule has 0 aliphatic carbocycles. The number of likely N-dealkylation sites (N-methyl/N-ethyl adjacent to an activating group) is 1. The monoisotopic (exact) mass is 196 g/mol. The summed E-state index contributed by atoms with van der Waals surface area (Å²) in [7, 11) is 1.58. The third kappa shape index (κ3) is 3.53. The fourth-order valence-corrected chi connectivity index (χ4v) is 1.06. The zero-order valence-corrected chi connectivity index (χ0v) is 8.01. The van der Waals surface area contributed by atoms with Gasteiger partial charge in [0.2, 0.25) is 5.91 Å². The van der Waals surface area contributed by atoms with E-state index in [2.05, 4.69) is 10.6 Å². The highest BCUT2D eigenvalue weighted by molar-refractivity contribution is 5.77. The molecule has 0 heterocycles. The lowest BCUT2D eigenvalue weighted by molar-refractivity contribution is -0.119. The van der Waals surface area contributed by atoms with Gasteiger partial charge < -0.3 is 10.6 Å². The van der Waals surface area contributed by atoms with E-state index in [4.69, 9.17) is 0 Å². The molecule has 0 aliphatic rings. The maximum Gasteiger partial charge on any atom is 0.233 e. The Balaban J connectivity index is 2.35. The molecular formula is C10H13FN2O. The van der Waals surface area contributed by atoms with Crippen molar-refractivity contribution in [3.05, 3.63) is 35.6 Å². The number of rotatable bonds is 4. The smallest absolute Gasteiger partial charge is 0.233 e. The molecule has 0 saturated carbocycles. The van der Waals surface area contributed by atoms with Crippen molar-refractivity contribution >= 4 is 5.91 Å². The Bertz CT molecular complexity index is 315. The first-order valence-corrected chi connectivity index (χ1v) is 4.38. The number of carbonyl (C=O) groups excluding carboxylic acids is 1. The van der Waals surface area contributed by atoms with E-state index in [0.717, 1.165) is 5.56 Å². The third-order valence-corrected chi connectivity index (χ3v) is 1.78. The van der Waals surface area contributed by atoms with Crippen molar-refractivity contribution in [2.45, 2.75) is 6.54 Å². The normalized spacial score (nSPS) is 9.86. The van der Waals surface area contributed by atoms with Gasteiger partial charge in [0, 0.05) is 13.6 Å². The maximum atomic E-state index is 12.7. The Kier molecular flexibility index (Phi) is 4.07. The molecule has 14 heavy (non-hydrogen) atoms. The Morgan fingerprint density at radius 2 is 2.29 bits per heavy atom. The molecule has 0 aliphatic heterocycles. The molecule has 0 saturated heterocycles. The minimum absolute atomic E-state index is 0.0820. The van der Waals surface area contributed by atoms with Crippen LogP contribution in [-0.4, -0.2) is 19.5 Å². The second-order valence-electron chi connectivity index (χ2n) is 2.91. The van der Waals surface area contributed by atoms with Gasteiger partial charge in [0.1, 0.15) is 5.82 Å². The predicted molar refractivity (Wildman–Crippen MR) is 52.2 cm³/mol. The Morgan fingerprint density at radius 3 is 2.93 bits per heavy atom. The number of carbonyl (C=O) groups is 1. The molecule has 0 unspecified atom stereocenters. The summed E-state index contributed by atoms with van der Waals surface area (Å²) in [6, 6.07) is 6.28. The van der Waals surface area contributed by atoms with Crippen LogP contribution in [0.3, 0.4) is 0 Å². The topological polar surface area (TPSA) is 41.1 Å². The van der Waals surface area contributed by atoms with Gasteiger partial charge in [-0.1, -0.05) is 12.1 Å². The van der Waals surface area contributed by atoms with E-state index >= 15 is 0 Å². The standard InChI is InChI=1S/C10H13FN2O/c1-12-10(14)7-13-6-8-3-2-4-9(11)5-8/h2-5,13H,6-7H2,1H3,(H,12,14). The van der Waals surface area contributed by atoms with E-state index in [9.17, 15) is 9.18 Å². The molecule has 4 heteroatoms. The number of amides is 1. The van der Waals surface area contributed by atoms with Crippen molar-refractivity contribution in [2.24, 2.45) is 0 Å². The summed E-state index contributed by atoms with van der Waals surface area (Å²) in [4.78, 5) is 10.8. The van der Waals surface area contributed by atoms with E-state index in [1.165, 1.54) is 12.1 Å². The highest BCUT2D eigenvalue weighted by Crippen LogP contribution is 2.02. The van der Waals surface area contributed by atoms with Gasteiger partial charge in [-0.25, -0.2) is 4.39 Å². The number of nitrogens with one attached hydrogen (secondary N) is 2. The number of hydrogen-bond donors (Lipinski definition) is 2. The van der Waals surface area contributed by atoms with Crippen LogP contribution in [0, 0.1) is 5.82 Å². The molecule has 3 nitrogen and oxygen atoms in total. The third-order valence-electron chi connectivity index (χ3n) is 1.78. The molecule has 0 aromatic heterocycles. The molecule has 0 fully saturated rings. The summed E-state index contributed by atoms with van der Waals surface area (Å²) >= 11 is 0. The second kappa shape index (κ2) is 5.34. The molecule has 1 aromatic rings. The van der Waals surface area contributed by atoms with Crippen LogP contribution in [0.4, 0.5) is 4.39 Å². The minimum atomic E-state index is -0.260. The van der Waals surface area contributed by atoms with Crippen molar-refractivity contribution in [2.75, 3.05) is 13.6 Å². The fraction of sp³-hybridized carbons (Fsp3) is 0.300. The summed E-state index contributed by atoms with van der Waals surface area (Å²) in [5.74, 6) is -0.342. The Labute approximate surface area is 82.3 Å². The van der Waals surface area contributed by atoms with Gasteiger partial charge >= 0.3 is 0 Å².